The van der Waals surface area contributed by atoms with Gasteiger partial charge in [-0.3, -0.25) is 4.79 Å². The normalized spacial score (nSPS) is 22.7. The van der Waals surface area contributed by atoms with E-state index in [1.54, 1.807) is 11.0 Å². The SMILES string of the molecule is CC(C)c1cc(C(=O)N2CCC[C@H](S(=O)(=O)NC3CCCC3)C2)on1. The van der Waals surface area contributed by atoms with Crippen LogP contribution < -0.4 is 4.72 Å². The van der Waals surface area contributed by atoms with E-state index in [1.807, 2.05) is 13.8 Å². The van der Waals surface area contributed by atoms with Crippen LogP contribution in [0.3, 0.4) is 0 Å². The fourth-order valence-corrected chi connectivity index (χ4v) is 5.31. The molecule has 0 unspecified atom stereocenters. The van der Waals surface area contributed by atoms with Crippen molar-refractivity contribution in [3.63, 3.8) is 0 Å². The van der Waals surface area contributed by atoms with Gasteiger partial charge in [-0.15, -0.1) is 0 Å². The highest BCUT2D eigenvalue weighted by Gasteiger charge is 2.35. The molecular weight excluding hydrogens is 342 g/mol. The summed E-state index contributed by atoms with van der Waals surface area (Å²) in [6.07, 6.45) is 5.22. The van der Waals surface area contributed by atoms with Crippen LogP contribution in [0.5, 0.6) is 0 Å². The zero-order chi connectivity index (χ0) is 18.0. The summed E-state index contributed by atoms with van der Waals surface area (Å²) < 4.78 is 33.3. The summed E-state index contributed by atoms with van der Waals surface area (Å²) >= 11 is 0. The maximum absolute atomic E-state index is 12.7. The Bertz CT molecular complexity index is 707. The van der Waals surface area contributed by atoms with Crippen LogP contribution in [0.1, 0.15) is 74.5 Å². The Labute approximate surface area is 149 Å². The monoisotopic (exact) mass is 369 g/mol. The van der Waals surface area contributed by atoms with E-state index < -0.39 is 15.3 Å². The second-order valence-corrected chi connectivity index (χ2v) is 9.42. The first-order valence-corrected chi connectivity index (χ1v) is 10.7. The minimum absolute atomic E-state index is 0.0546. The summed E-state index contributed by atoms with van der Waals surface area (Å²) in [5.41, 5.74) is 0.729. The molecule has 1 N–H and O–H groups in total. The van der Waals surface area contributed by atoms with Crippen molar-refractivity contribution in [2.24, 2.45) is 0 Å². The topological polar surface area (TPSA) is 92.5 Å². The van der Waals surface area contributed by atoms with Gasteiger partial charge in [0.05, 0.1) is 10.9 Å². The first-order valence-electron chi connectivity index (χ1n) is 9.14. The van der Waals surface area contributed by atoms with E-state index in [9.17, 15) is 13.2 Å². The van der Waals surface area contributed by atoms with Crippen molar-refractivity contribution < 1.29 is 17.7 Å². The molecule has 2 heterocycles. The summed E-state index contributed by atoms with van der Waals surface area (Å²) in [6.45, 7) is 4.71. The molecule has 2 fully saturated rings. The zero-order valence-electron chi connectivity index (χ0n) is 14.9. The number of hydrogen-bond donors (Lipinski definition) is 1. The number of carbonyl (C=O) groups excluding carboxylic acids is 1. The molecule has 8 heteroatoms. The second-order valence-electron chi connectivity index (χ2n) is 7.43. The summed E-state index contributed by atoms with van der Waals surface area (Å²) in [4.78, 5) is 14.2. The Morgan fingerprint density at radius 2 is 2.00 bits per heavy atom. The third-order valence-electron chi connectivity index (χ3n) is 5.12. The van der Waals surface area contributed by atoms with Gasteiger partial charge in [-0.05, 0) is 31.6 Å². The van der Waals surface area contributed by atoms with Crippen molar-refractivity contribution in [3.8, 4) is 0 Å². The van der Waals surface area contributed by atoms with Gasteiger partial charge in [-0.1, -0.05) is 31.8 Å². The Morgan fingerprint density at radius 1 is 1.28 bits per heavy atom. The summed E-state index contributed by atoms with van der Waals surface area (Å²) in [7, 11) is -3.41. The van der Waals surface area contributed by atoms with E-state index in [2.05, 4.69) is 9.88 Å². The molecule has 0 bridgehead atoms. The molecule has 2 aliphatic rings. The predicted molar refractivity (Wildman–Crippen MR) is 93.8 cm³/mol. The van der Waals surface area contributed by atoms with Gasteiger partial charge >= 0.3 is 0 Å². The van der Waals surface area contributed by atoms with Crippen molar-refractivity contribution in [1.29, 1.82) is 0 Å². The molecule has 1 aromatic rings. The van der Waals surface area contributed by atoms with Crippen molar-refractivity contribution in [1.82, 2.24) is 14.8 Å². The lowest BCUT2D eigenvalue weighted by atomic mass is 10.1. The highest BCUT2D eigenvalue weighted by Crippen LogP contribution is 2.23. The highest BCUT2D eigenvalue weighted by molar-refractivity contribution is 7.90. The van der Waals surface area contributed by atoms with E-state index in [1.165, 1.54) is 0 Å². The van der Waals surface area contributed by atoms with Crippen LogP contribution in [0, 0.1) is 0 Å². The van der Waals surface area contributed by atoms with Crippen LogP contribution >= 0.6 is 0 Å². The third kappa shape index (κ3) is 4.23. The molecule has 140 valence electrons. The lowest BCUT2D eigenvalue weighted by Gasteiger charge is -2.32. The molecule has 0 radical (unpaired) electrons. The molecule has 7 nitrogen and oxygen atoms in total. The first kappa shape index (κ1) is 18.4. The number of hydrogen-bond acceptors (Lipinski definition) is 5. The quantitative estimate of drug-likeness (QED) is 0.859. The van der Waals surface area contributed by atoms with E-state index in [0.29, 0.717) is 19.4 Å². The van der Waals surface area contributed by atoms with Gasteiger partial charge in [0.15, 0.2) is 0 Å². The van der Waals surface area contributed by atoms with E-state index in [0.717, 1.165) is 31.4 Å². The summed E-state index contributed by atoms with van der Waals surface area (Å²) in [5.74, 6) is 0.0843. The maximum Gasteiger partial charge on any atom is 0.292 e. The number of nitrogens with one attached hydrogen (secondary N) is 1. The van der Waals surface area contributed by atoms with Crippen LogP contribution in [-0.4, -0.2) is 48.8 Å². The molecule has 0 aromatic carbocycles. The Balaban J connectivity index is 1.66. The van der Waals surface area contributed by atoms with Gasteiger partial charge in [-0.2, -0.15) is 0 Å². The van der Waals surface area contributed by atoms with Crippen LogP contribution in [0.2, 0.25) is 0 Å². The lowest BCUT2D eigenvalue weighted by molar-refractivity contribution is 0.0684. The zero-order valence-corrected chi connectivity index (χ0v) is 15.7. The summed E-state index contributed by atoms with van der Waals surface area (Å²) in [6, 6.07) is 1.71. The molecule has 1 amide bonds. The number of aromatic nitrogens is 1. The number of amides is 1. The Hall–Kier alpha value is -1.41. The van der Waals surface area contributed by atoms with Crippen LogP contribution in [0.4, 0.5) is 0 Å². The van der Waals surface area contributed by atoms with Crippen molar-refractivity contribution in [2.45, 2.75) is 69.6 Å². The Kier molecular flexibility index (Phi) is 5.48. The average Bonchev–Trinajstić information content (AvgIpc) is 3.25. The molecule has 1 saturated heterocycles. The van der Waals surface area contributed by atoms with E-state index in [4.69, 9.17) is 4.52 Å². The van der Waals surface area contributed by atoms with Crippen LogP contribution in [0.15, 0.2) is 10.6 Å². The second kappa shape index (κ2) is 7.45. The fraction of sp³-hybridized carbons (Fsp3) is 0.765. The minimum Gasteiger partial charge on any atom is -0.351 e. The van der Waals surface area contributed by atoms with E-state index >= 15 is 0 Å². The smallest absolute Gasteiger partial charge is 0.292 e. The van der Waals surface area contributed by atoms with Gasteiger partial charge in [0.1, 0.15) is 0 Å². The molecule has 1 saturated carbocycles. The van der Waals surface area contributed by atoms with Crippen LogP contribution in [0.25, 0.3) is 0 Å². The van der Waals surface area contributed by atoms with Crippen LogP contribution in [-0.2, 0) is 10.0 Å². The molecule has 1 aliphatic heterocycles. The number of likely N-dealkylation sites (tertiary alicyclic amines) is 1. The van der Waals surface area contributed by atoms with Gasteiger partial charge < -0.3 is 9.42 Å². The fourth-order valence-electron chi connectivity index (χ4n) is 3.57. The third-order valence-corrected chi connectivity index (χ3v) is 7.05. The highest BCUT2D eigenvalue weighted by atomic mass is 32.2. The van der Waals surface area contributed by atoms with E-state index in [-0.39, 0.29) is 30.2 Å². The number of piperidine rings is 1. The molecule has 1 atom stereocenters. The van der Waals surface area contributed by atoms with Gasteiger partial charge in [0.25, 0.3) is 5.91 Å². The summed E-state index contributed by atoms with van der Waals surface area (Å²) in [5, 5.41) is 3.36. The molecule has 0 spiro atoms. The maximum atomic E-state index is 12.7. The molecule has 1 aromatic heterocycles. The number of carbonyl (C=O) groups is 1. The largest absolute Gasteiger partial charge is 0.351 e. The predicted octanol–water partition coefficient (Wildman–Crippen LogP) is 2.26. The first-order chi connectivity index (χ1) is 11.9. The van der Waals surface area contributed by atoms with Gasteiger partial charge in [0.2, 0.25) is 15.8 Å². The van der Waals surface area contributed by atoms with Crippen molar-refractivity contribution >= 4 is 15.9 Å². The number of rotatable bonds is 5. The number of nitrogens with zero attached hydrogens (tertiary/aromatic N) is 2. The van der Waals surface area contributed by atoms with Crippen molar-refractivity contribution in [3.05, 3.63) is 17.5 Å². The lowest BCUT2D eigenvalue weighted by Crippen LogP contribution is -2.49. The molecule has 3 rings (SSSR count). The van der Waals surface area contributed by atoms with Gasteiger partial charge in [0, 0.05) is 25.2 Å². The Morgan fingerprint density at radius 3 is 2.64 bits per heavy atom. The molecule has 25 heavy (non-hydrogen) atoms. The average molecular weight is 369 g/mol. The minimum atomic E-state index is -3.41. The molecular formula is C17H27N3O4S. The molecule has 1 aliphatic carbocycles. The van der Waals surface area contributed by atoms with Crippen molar-refractivity contribution in [2.75, 3.05) is 13.1 Å². The number of sulfonamides is 1. The van der Waals surface area contributed by atoms with Gasteiger partial charge in [-0.25, -0.2) is 13.1 Å². The standard InChI is InChI=1S/C17H27N3O4S/c1-12(2)15-10-16(24-18-15)17(21)20-9-5-8-14(11-20)25(22,23)19-13-6-3-4-7-13/h10,12-14,19H,3-9,11H2,1-2H3/t14-/m0/s1.